The predicted octanol–water partition coefficient (Wildman–Crippen LogP) is 7.05. The summed E-state index contributed by atoms with van der Waals surface area (Å²) in [7, 11) is 0. The molecule has 33 heavy (non-hydrogen) atoms. The number of carbonyl (C=O) groups is 1. The van der Waals surface area contributed by atoms with Gasteiger partial charge in [-0.1, -0.05) is 61.5 Å². The van der Waals surface area contributed by atoms with Crippen LogP contribution in [0, 0.1) is 0 Å². The van der Waals surface area contributed by atoms with Crippen molar-refractivity contribution in [2.45, 2.75) is 26.4 Å². The lowest BCUT2D eigenvalue weighted by atomic mass is 9.99. The average Bonchev–Trinajstić information content (AvgIpc) is 3.28. The van der Waals surface area contributed by atoms with Crippen molar-refractivity contribution in [2.75, 3.05) is 0 Å². The number of carboxylic acids is 1. The number of hydrogen-bond donors (Lipinski definition) is 1. The van der Waals surface area contributed by atoms with Crippen LogP contribution >= 0.6 is 0 Å². The van der Waals surface area contributed by atoms with E-state index in [4.69, 9.17) is 14.1 Å². The molecule has 0 radical (unpaired) electrons. The number of hydrogen-bond acceptors (Lipinski definition) is 4. The van der Waals surface area contributed by atoms with Crippen molar-refractivity contribution < 1.29 is 19.1 Å². The zero-order valence-electron chi connectivity index (χ0n) is 18.4. The maximum absolute atomic E-state index is 12.4. The summed E-state index contributed by atoms with van der Waals surface area (Å²) in [6.07, 6.45) is 2.10. The molecular weight excluding hydrogens is 414 g/mol. The van der Waals surface area contributed by atoms with E-state index in [0.717, 1.165) is 27.7 Å². The highest BCUT2D eigenvalue weighted by Gasteiger charge is 2.21. The number of aromatic nitrogens is 1. The number of rotatable bonds is 6. The first kappa shape index (κ1) is 20.8. The Hall–Kier alpha value is -4.12. The maximum Gasteiger partial charge on any atom is 0.336 e. The van der Waals surface area contributed by atoms with Gasteiger partial charge in [-0.05, 0) is 42.7 Å². The molecule has 5 nitrogen and oxygen atoms in total. The third kappa shape index (κ3) is 3.72. The van der Waals surface area contributed by atoms with E-state index in [9.17, 15) is 9.90 Å². The molecule has 1 atom stereocenters. The van der Waals surface area contributed by atoms with E-state index >= 15 is 0 Å². The number of benzene rings is 3. The third-order valence-corrected chi connectivity index (χ3v) is 5.95. The Kier molecular flexibility index (Phi) is 5.31. The Morgan fingerprint density at radius 2 is 1.82 bits per heavy atom. The van der Waals surface area contributed by atoms with Crippen molar-refractivity contribution in [3.05, 3.63) is 95.7 Å². The van der Waals surface area contributed by atoms with Gasteiger partial charge in [0.25, 0.3) is 0 Å². The van der Waals surface area contributed by atoms with Crippen molar-refractivity contribution in [1.82, 2.24) is 4.98 Å². The molecule has 0 amide bonds. The largest absolute Gasteiger partial charge is 0.485 e. The number of fused-ring (bicyclic) bond motifs is 2. The average molecular weight is 437 g/mol. The van der Waals surface area contributed by atoms with Crippen LogP contribution in [-0.4, -0.2) is 16.1 Å². The highest BCUT2D eigenvalue weighted by molar-refractivity contribution is 6.08. The minimum atomic E-state index is -1.03. The van der Waals surface area contributed by atoms with E-state index in [1.54, 1.807) is 12.3 Å². The summed E-state index contributed by atoms with van der Waals surface area (Å²) in [5.74, 6) is -0.519. The molecule has 2 aromatic heterocycles. The van der Waals surface area contributed by atoms with Gasteiger partial charge < -0.3 is 14.3 Å². The monoisotopic (exact) mass is 437 g/mol. The molecule has 5 aromatic rings. The SMILES string of the molecule is CCc1ccc(O[C@@H](C)c2ccccc2)c2c(C(=O)O)cc(-c3coc4ccccc34)nc12. The summed E-state index contributed by atoms with van der Waals surface area (Å²) in [6.45, 7) is 3.98. The molecule has 0 fully saturated rings. The maximum atomic E-state index is 12.4. The summed E-state index contributed by atoms with van der Waals surface area (Å²) in [4.78, 5) is 17.3. The first-order valence-corrected chi connectivity index (χ1v) is 10.9. The Morgan fingerprint density at radius 1 is 1.06 bits per heavy atom. The summed E-state index contributed by atoms with van der Waals surface area (Å²) in [5, 5.41) is 11.6. The highest BCUT2D eigenvalue weighted by atomic mass is 16.5. The molecule has 5 rings (SSSR count). The molecule has 2 heterocycles. The van der Waals surface area contributed by atoms with Gasteiger partial charge in [-0.15, -0.1) is 0 Å². The van der Waals surface area contributed by atoms with Gasteiger partial charge >= 0.3 is 5.97 Å². The van der Waals surface area contributed by atoms with Crippen LogP contribution in [0.4, 0.5) is 0 Å². The molecule has 0 aliphatic rings. The summed E-state index contributed by atoms with van der Waals surface area (Å²) in [5.41, 5.74) is 4.82. The standard InChI is InChI=1S/C28H23NO4/c1-3-18-13-14-25(33-17(2)19-9-5-4-6-10-19)26-21(28(30)31)15-23(29-27(18)26)22-16-32-24-12-8-7-11-20(22)24/h4-17H,3H2,1-2H3,(H,30,31)/t17-/m0/s1. The molecule has 0 bridgehead atoms. The Morgan fingerprint density at radius 3 is 2.58 bits per heavy atom. The van der Waals surface area contributed by atoms with Crippen LogP contribution in [0.3, 0.4) is 0 Å². The summed E-state index contributed by atoms with van der Waals surface area (Å²) < 4.78 is 12.0. The van der Waals surface area contributed by atoms with E-state index < -0.39 is 5.97 Å². The lowest BCUT2D eigenvalue weighted by Gasteiger charge is -2.19. The summed E-state index contributed by atoms with van der Waals surface area (Å²) >= 11 is 0. The molecule has 0 aliphatic carbocycles. The van der Waals surface area contributed by atoms with E-state index in [2.05, 4.69) is 0 Å². The lowest BCUT2D eigenvalue weighted by Crippen LogP contribution is -2.07. The molecular formula is C28H23NO4. The van der Waals surface area contributed by atoms with Gasteiger partial charge in [0, 0.05) is 10.9 Å². The molecule has 0 aliphatic heterocycles. The number of nitrogens with zero attached hydrogens (tertiary/aromatic N) is 1. The Balaban J connectivity index is 1.72. The first-order chi connectivity index (χ1) is 16.1. The van der Waals surface area contributed by atoms with Crippen LogP contribution in [0.15, 0.2) is 83.5 Å². The van der Waals surface area contributed by atoms with Gasteiger partial charge in [-0.25, -0.2) is 9.78 Å². The van der Waals surface area contributed by atoms with Crippen molar-refractivity contribution in [3.63, 3.8) is 0 Å². The Bertz CT molecular complexity index is 1470. The molecule has 0 saturated heterocycles. The minimum Gasteiger partial charge on any atom is -0.485 e. The molecule has 5 heteroatoms. The molecule has 0 saturated carbocycles. The fourth-order valence-electron chi connectivity index (χ4n) is 4.21. The third-order valence-electron chi connectivity index (χ3n) is 5.95. The number of aromatic carboxylic acids is 1. The normalized spacial score (nSPS) is 12.2. The molecule has 3 aromatic carbocycles. The van der Waals surface area contributed by atoms with Crippen LogP contribution in [0.5, 0.6) is 5.75 Å². The number of pyridine rings is 1. The molecule has 0 unspecified atom stereocenters. The van der Waals surface area contributed by atoms with Gasteiger partial charge in [-0.2, -0.15) is 0 Å². The van der Waals surface area contributed by atoms with E-state index in [0.29, 0.717) is 28.8 Å². The predicted molar refractivity (Wildman–Crippen MR) is 129 cm³/mol. The van der Waals surface area contributed by atoms with Gasteiger partial charge in [0.15, 0.2) is 0 Å². The molecule has 1 N–H and O–H groups in total. The summed E-state index contributed by atoms with van der Waals surface area (Å²) in [6, 6.07) is 22.9. The number of para-hydroxylation sites is 1. The van der Waals surface area contributed by atoms with Crippen molar-refractivity contribution in [3.8, 4) is 17.0 Å². The highest BCUT2D eigenvalue weighted by Crippen LogP contribution is 2.38. The second kappa shape index (κ2) is 8.43. The van der Waals surface area contributed by atoms with Gasteiger partial charge in [-0.3, -0.25) is 0 Å². The van der Waals surface area contributed by atoms with Crippen molar-refractivity contribution in [2.24, 2.45) is 0 Å². The molecule has 0 spiro atoms. The first-order valence-electron chi connectivity index (χ1n) is 10.9. The van der Waals surface area contributed by atoms with E-state index in [1.165, 1.54) is 0 Å². The fraction of sp³-hybridized carbons (Fsp3) is 0.143. The number of furan rings is 1. The zero-order chi connectivity index (χ0) is 22.9. The van der Waals surface area contributed by atoms with Gasteiger partial charge in [0.1, 0.15) is 23.7 Å². The molecule has 164 valence electrons. The quantitative estimate of drug-likeness (QED) is 0.308. The Labute approximate surface area is 191 Å². The van der Waals surface area contributed by atoms with Crippen LogP contribution < -0.4 is 4.74 Å². The second-order valence-corrected chi connectivity index (χ2v) is 7.98. The minimum absolute atomic E-state index is 0.158. The van der Waals surface area contributed by atoms with E-state index in [1.807, 2.05) is 80.6 Å². The van der Waals surface area contributed by atoms with Crippen LogP contribution in [-0.2, 0) is 6.42 Å². The van der Waals surface area contributed by atoms with Crippen LogP contribution in [0.1, 0.15) is 41.4 Å². The van der Waals surface area contributed by atoms with Gasteiger partial charge in [0.05, 0.1) is 22.2 Å². The number of ether oxygens (including phenoxy) is 1. The van der Waals surface area contributed by atoms with Gasteiger partial charge in [0.2, 0.25) is 0 Å². The zero-order valence-corrected chi connectivity index (χ0v) is 18.4. The number of carboxylic acid groups (broad SMARTS) is 1. The topological polar surface area (TPSA) is 72.6 Å². The number of aryl methyl sites for hydroxylation is 1. The second-order valence-electron chi connectivity index (χ2n) is 7.98. The smallest absolute Gasteiger partial charge is 0.336 e. The van der Waals surface area contributed by atoms with Crippen molar-refractivity contribution >= 4 is 27.8 Å². The fourth-order valence-corrected chi connectivity index (χ4v) is 4.21. The van der Waals surface area contributed by atoms with Crippen molar-refractivity contribution in [1.29, 1.82) is 0 Å². The van der Waals surface area contributed by atoms with Crippen LogP contribution in [0.25, 0.3) is 33.1 Å². The van der Waals surface area contributed by atoms with Crippen LogP contribution in [0.2, 0.25) is 0 Å². The van der Waals surface area contributed by atoms with E-state index in [-0.39, 0.29) is 11.7 Å². The lowest BCUT2D eigenvalue weighted by molar-refractivity contribution is 0.0698.